The van der Waals surface area contributed by atoms with Crippen LogP contribution in [0.25, 0.3) is 0 Å². The molecule has 1 aliphatic heterocycles. The summed E-state index contributed by atoms with van der Waals surface area (Å²) in [5.74, 6) is -0.0661. The molecular weight excluding hydrogens is 264 g/mol. The molecule has 1 amide bonds. The minimum Gasteiger partial charge on any atom is -0.387 e. The van der Waals surface area contributed by atoms with Crippen LogP contribution in [-0.4, -0.2) is 41.1 Å². The minimum atomic E-state index is -0.601. The number of hydrogen-bond acceptors (Lipinski definition) is 3. The summed E-state index contributed by atoms with van der Waals surface area (Å²) in [6, 6.07) is 5.37. The Bertz CT molecular complexity index is 484. The van der Waals surface area contributed by atoms with Gasteiger partial charge >= 0.3 is 0 Å². The van der Waals surface area contributed by atoms with Gasteiger partial charge < -0.3 is 10.4 Å². The molecule has 4 nitrogen and oxygen atoms in total. The molecule has 1 heterocycles. The molecule has 1 saturated heterocycles. The summed E-state index contributed by atoms with van der Waals surface area (Å²) in [5.41, 5.74) is 1.12. The van der Waals surface area contributed by atoms with E-state index in [4.69, 9.17) is 11.6 Å². The fourth-order valence-corrected chi connectivity index (χ4v) is 2.51. The predicted octanol–water partition coefficient (Wildman–Crippen LogP) is 2.04. The number of amides is 1. The first-order valence-corrected chi connectivity index (χ1v) is 6.80. The van der Waals surface area contributed by atoms with Crippen molar-refractivity contribution in [2.24, 2.45) is 0 Å². The lowest BCUT2D eigenvalue weighted by molar-refractivity contribution is -0.128. The van der Waals surface area contributed by atoms with Crippen molar-refractivity contribution in [2.45, 2.75) is 25.9 Å². The molecule has 1 aliphatic rings. The second-order valence-corrected chi connectivity index (χ2v) is 5.67. The maximum atomic E-state index is 11.9. The third-order valence-corrected chi connectivity index (χ3v) is 3.76. The van der Waals surface area contributed by atoms with Crippen LogP contribution in [0.15, 0.2) is 18.2 Å². The highest BCUT2D eigenvalue weighted by Gasteiger charge is 2.39. The van der Waals surface area contributed by atoms with E-state index in [9.17, 15) is 9.90 Å². The number of carbonyl (C=O) groups is 1. The summed E-state index contributed by atoms with van der Waals surface area (Å²) in [6.07, 6.45) is 0.724. The van der Waals surface area contributed by atoms with Gasteiger partial charge in [-0.15, -0.1) is 0 Å². The number of hydrogen-bond donors (Lipinski definition) is 2. The highest BCUT2D eigenvalue weighted by molar-refractivity contribution is 6.30. The Kier molecular flexibility index (Phi) is 4.13. The van der Waals surface area contributed by atoms with Crippen LogP contribution in [0.3, 0.4) is 0 Å². The van der Waals surface area contributed by atoms with Crippen molar-refractivity contribution in [1.82, 2.24) is 4.90 Å². The first kappa shape index (κ1) is 14.3. The number of rotatable bonds is 4. The summed E-state index contributed by atoms with van der Waals surface area (Å²) in [5, 5.41) is 13.4. The lowest BCUT2D eigenvalue weighted by Gasteiger charge is -2.45. The van der Waals surface area contributed by atoms with Crippen molar-refractivity contribution in [1.29, 1.82) is 0 Å². The maximum Gasteiger partial charge on any atom is 0.238 e. The molecule has 0 aromatic heterocycles. The van der Waals surface area contributed by atoms with Gasteiger partial charge in [0.2, 0.25) is 5.91 Å². The van der Waals surface area contributed by atoms with Crippen molar-refractivity contribution in [3.8, 4) is 0 Å². The van der Waals surface area contributed by atoms with Gasteiger partial charge in [-0.05, 0) is 37.1 Å². The molecule has 2 N–H and O–H groups in total. The number of anilines is 1. The lowest BCUT2D eigenvalue weighted by Crippen LogP contribution is -2.62. The number of aliphatic hydroxyl groups is 1. The third-order valence-electron chi connectivity index (χ3n) is 3.52. The smallest absolute Gasteiger partial charge is 0.238 e. The zero-order valence-electron chi connectivity index (χ0n) is 11.2. The first-order valence-electron chi connectivity index (χ1n) is 6.42. The average molecular weight is 283 g/mol. The third kappa shape index (κ3) is 3.47. The molecular formula is C14H19ClN2O2. The zero-order valence-corrected chi connectivity index (χ0v) is 12.0. The Labute approximate surface area is 118 Å². The van der Waals surface area contributed by atoms with E-state index in [1.807, 2.05) is 24.8 Å². The molecule has 104 valence electrons. The van der Waals surface area contributed by atoms with Crippen molar-refractivity contribution < 1.29 is 9.90 Å². The number of β-amino-alcohol motifs (C(OH)–C–C–N with tert-alkyl or cyclic N) is 1. The van der Waals surface area contributed by atoms with E-state index in [0.29, 0.717) is 24.7 Å². The molecule has 0 radical (unpaired) electrons. The van der Waals surface area contributed by atoms with Gasteiger partial charge in [0.05, 0.1) is 12.1 Å². The van der Waals surface area contributed by atoms with Crippen LogP contribution in [0, 0.1) is 6.92 Å². The molecule has 0 spiro atoms. The van der Waals surface area contributed by atoms with E-state index >= 15 is 0 Å². The van der Waals surface area contributed by atoms with E-state index in [0.717, 1.165) is 17.7 Å². The molecule has 0 bridgehead atoms. The van der Waals surface area contributed by atoms with E-state index in [1.54, 1.807) is 12.1 Å². The molecule has 1 fully saturated rings. The number of carbonyl (C=O) groups excluding carboxylic acids is 1. The number of halogens is 1. The van der Waals surface area contributed by atoms with Crippen LogP contribution in [0.2, 0.25) is 5.02 Å². The topological polar surface area (TPSA) is 52.6 Å². The molecule has 2 rings (SSSR count). The molecule has 1 aromatic carbocycles. The van der Waals surface area contributed by atoms with Crippen molar-refractivity contribution >= 4 is 23.2 Å². The SMILES string of the molecule is CCC1(O)CN(CC(=O)Nc2ccc(Cl)cc2C)C1. The van der Waals surface area contributed by atoms with Crippen LogP contribution in [0.4, 0.5) is 5.69 Å². The van der Waals surface area contributed by atoms with Gasteiger partial charge in [0.25, 0.3) is 0 Å². The van der Waals surface area contributed by atoms with Gasteiger partial charge in [0, 0.05) is 23.8 Å². The monoisotopic (exact) mass is 282 g/mol. The summed E-state index contributed by atoms with van der Waals surface area (Å²) in [6.45, 7) is 5.30. The number of nitrogens with one attached hydrogen (secondary N) is 1. The minimum absolute atomic E-state index is 0.0661. The van der Waals surface area contributed by atoms with Crippen LogP contribution in [-0.2, 0) is 4.79 Å². The van der Waals surface area contributed by atoms with Crippen LogP contribution >= 0.6 is 11.6 Å². The van der Waals surface area contributed by atoms with Gasteiger partial charge in [0.1, 0.15) is 0 Å². The Morgan fingerprint density at radius 3 is 2.79 bits per heavy atom. The summed E-state index contributed by atoms with van der Waals surface area (Å²) >= 11 is 5.87. The lowest BCUT2D eigenvalue weighted by atomic mass is 9.91. The number of likely N-dealkylation sites (tertiary alicyclic amines) is 1. The highest BCUT2D eigenvalue weighted by atomic mass is 35.5. The molecule has 0 saturated carbocycles. The molecule has 1 aromatic rings. The van der Waals surface area contributed by atoms with Gasteiger partial charge in [-0.1, -0.05) is 18.5 Å². The fraction of sp³-hybridized carbons (Fsp3) is 0.500. The Balaban J connectivity index is 1.85. The van der Waals surface area contributed by atoms with Gasteiger partial charge in [-0.25, -0.2) is 0 Å². The molecule has 19 heavy (non-hydrogen) atoms. The predicted molar refractivity (Wildman–Crippen MR) is 76.5 cm³/mol. The first-order chi connectivity index (χ1) is 8.92. The second kappa shape index (κ2) is 5.49. The largest absolute Gasteiger partial charge is 0.387 e. The van der Waals surface area contributed by atoms with Gasteiger partial charge in [0.15, 0.2) is 0 Å². The van der Waals surface area contributed by atoms with Crippen LogP contribution in [0.5, 0.6) is 0 Å². The molecule has 0 unspecified atom stereocenters. The van der Waals surface area contributed by atoms with E-state index in [-0.39, 0.29) is 5.91 Å². The summed E-state index contributed by atoms with van der Waals surface area (Å²) in [4.78, 5) is 13.8. The van der Waals surface area contributed by atoms with E-state index in [2.05, 4.69) is 5.32 Å². The summed E-state index contributed by atoms with van der Waals surface area (Å²) < 4.78 is 0. The Morgan fingerprint density at radius 1 is 1.53 bits per heavy atom. The van der Waals surface area contributed by atoms with Crippen LogP contribution < -0.4 is 5.32 Å². The second-order valence-electron chi connectivity index (χ2n) is 5.23. The van der Waals surface area contributed by atoms with Crippen molar-refractivity contribution in [3.05, 3.63) is 28.8 Å². The van der Waals surface area contributed by atoms with Crippen molar-refractivity contribution in [3.63, 3.8) is 0 Å². The summed E-state index contributed by atoms with van der Waals surface area (Å²) in [7, 11) is 0. The number of benzene rings is 1. The molecule has 0 atom stereocenters. The van der Waals surface area contributed by atoms with E-state index in [1.165, 1.54) is 0 Å². The number of nitrogens with zero attached hydrogens (tertiary/aromatic N) is 1. The van der Waals surface area contributed by atoms with E-state index < -0.39 is 5.60 Å². The van der Waals surface area contributed by atoms with Gasteiger partial charge in [-0.2, -0.15) is 0 Å². The van der Waals surface area contributed by atoms with Gasteiger partial charge in [-0.3, -0.25) is 9.69 Å². The van der Waals surface area contributed by atoms with Crippen LogP contribution in [0.1, 0.15) is 18.9 Å². The average Bonchev–Trinajstić information content (AvgIpc) is 2.30. The normalized spacial score (nSPS) is 17.9. The standard InChI is InChI=1S/C14H19ClN2O2/c1-3-14(19)8-17(9-14)7-13(18)16-12-5-4-11(15)6-10(12)2/h4-6,19H,3,7-9H2,1-2H3,(H,16,18). The number of aryl methyl sites for hydroxylation is 1. The van der Waals surface area contributed by atoms with Crippen molar-refractivity contribution in [2.75, 3.05) is 25.0 Å². The maximum absolute atomic E-state index is 11.9. The fourth-order valence-electron chi connectivity index (χ4n) is 2.28. The molecule has 5 heteroatoms. The zero-order chi connectivity index (χ0) is 14.0. The highest BCUT2D eigenvalue weighted by Crippen LogP contribution is 2.24. The quantitative estimate of drug-likeness (QED) is 0.889. The Morgan fingerprint density at radius 2 is 2.21 bits per heavy atom. The molecule has 0 aliphatic carbocycles. The Hall–Kier alpha value is -1.10.